The number of hydrogen-bond acceptors (Lipinski definition) is 15. The minimum absolute atomic E-state index is 0.0395. The molecule has 1 aliphatic carbocycles. The van der Waals surface area contributed by atoms with Gasteiger partial charge in [0.2, 0.25) is 6.29 Å². The number of carbonyl (C=O) groups excluding carboxylic acids is 7. The molecule has 4 amide bonds. The first-order valence-electron chi connectivity index (χ1n) is 21.3. The summed E-state index contributed by atoms with van der Waals surface area (Å²) in [6.07, 6.45) is 0.363. The van der Waals surface area contributed by atoms with Gasteiger partial charge in [-0.1, -0.05) is 40.3 Å². The van der Waals surface area contributed by atoms with Gasteiger partial charge in [-0.25, -0.2) is 24.2 Å². The van der Waals surface area contributed by atoms with E-state index < -0.39 is 65.8 Å². The Hall–Kier alpha value is -7.31. The number of nitrogens with zero attached hydrogens (tertiary/aromatic N) is 1. The minimum atomic E-state index is -1.32. The van der Waals surface area contributed by atoms with Gasteiger partial charge < -0.3 is 44.4 Å². The quantitative estimate of drug-likeness (QED) is 0.0211. The Morgan fingerprint density at radius 2 is 1.52 bits per heavy atom. The largest absolute Gasteiger partial charge is 0.496 e. The van der Waals surface area contributed by atoms with Crippen LogP contribution >= 0.6 is 0 Å². The molecular formula is C47H58N6O13. The Labute approximate surface area is 383 Å². The Morgan fingerprint density at radius 3 is 2.11 bits per heavy atom. The molecule has 2 atom stereocenters. The molecule has 1 saturated carbocycles. The first kappa shape index (κ1) is 51.3. The number of methoxy groups -OCH3 is 1. The van der Waals surface area contributed by atoms with Gasteiger partial charge >= 0.3 is 30.1 Å². The molecule has 19 heteroatoms. The van der Waals surface area contributed by atoms with Gasteiger partial charge in [0.25, 0.3) is 11.8 Å². The number of pyridine rings is 1. The number of anilines is 1. The van der Waals surface area contributed by atoms with Gasteiger partial charge in [0.15, 0.2) is 5.69 Å². The highest BCUT2D eigenvalue weighted by atomic mass is 16.7. The molecule has 3 aromatic rings. The molecule has 0 spiro atoms. The van der Waals surface area contributed by atoms with Gasteiger partial charge in [-0.2, -0.15) is 0 Å². The lowest BCUT2D eigenvalue weighted by Crippen LogP contribution is -2.47. The highest BCUT2D eigenvalue weighted by molar-refractivity contribution is 6.11. The van der Waals surface area contributed by atoms with E-state index in [0.29, 0.717) is 23.8 Å². The first-order valence-corrected chi connectivity index (χ1v) is 21.3. The van der Waals surface area contributed by atoms with Crippen LogP contribution in [0.2, 0.25) is 0 Å². The Morgan fingerprint density at radius 1 is 0.848 bits per heavy atom. The summed E-state index contributed by atoms with van der Waals surface area (Å²) in [7, 11) is 1.42. The summed E-state index contributed by atoms with van der Waals surface area (Å²) in [6.45, 7) is 16.7. The van der Waals surface area contributed by atoms with Crippen LogP contribution in [-0.2, 0) is 33.3 Å². The van der Waals surface area contributed by atoms with Crippen LogP contribution in [0.15, 0.2) is 55.1 Å². The fraction of sp³-hybridized carbons (Fsp3) is 0.426. The van der Waals surface area contributed by atoms with Crippen molar-refractivity contribution in [2.24, 2.45) is 17.8 Å². The lowest BCUT2D eigenvalue weighted by molar-refractivity contribution is -0.169. The van der Waals surface area contributed by atoms with Gasteiger partial charge in [-0.15, -0.1) is 0 Å². The molecular weight excluding hydrogens is 857 g/mol. The van der Waals surface area contributed by atoms with Gasteiger partial charge in [0.1, 0.15) is 42.1 Å². The van der Waals surface area contributed by atoms with Gasteiger partial charge in [-0.3, -0.25) is 25.1 Å². The average Bonchev–Trinajstić information content (AvgIpc) is 4.09. The fourth-order valence-corrected chi connectivity index (χ4v) is 5.91. The van der Waals surface area contributed by atoms with Crippen LogP contribution in [0, 0.1) is 23.2 Å². The third kappa shape index (κ3) is 15.2. The van der Waals surface area contributed by atoms with Crippen molar-refractivity contribution in [1.29, 1.82) is 5.41 Å². The molecule has 4 rings (SSSR count). The standard InChI is InChI=1S/C47H58N6O13/c1-11-29-22-34(33(23-36(29)61-10)32-18-19-35(41(55)49-24-28-12-13-28)51-38(32)44(58)65-27(6)64-42(56)26(4)5)40(54)50-31-16-14-30(15-17-31)39(48)53-45(59)63-21-20-62-43(57)37(25(2)3)52-46(60)66-47(7,8)9/h11,14-19,22-23,25-28,37H,1,12-13,20-21,24H2,2-10H3,(H,49,55)(H,50,54)(H,52,60)(H2,48,53,59)/t27?,37-/m0/s1. The van der Waals surface area contributed by atoms with E-state index in [1.54, 1.807) is 48.5 Å². The van der Waals surface area contributed by atoms with Gasteiger partial charge in [0, 0.05) is 47.0 Å². The Bertz CT molecular complexity index is 2320. The third-order valence-corrected chi connectivity index (χ3v) is 9.53. The summed E-state index contributed by atoms with van der Waals surface area (Å²) >= 11 is 0. The molecule has 1 unspecified atom stereocenters. The fourth-order valence-electron chi connectivity index (χ4n) is 5.91. The molecule has 0 radical (unpaired) electrons. The van der Waals surface area contributed by atoms with Crippen molar-refractivity contribution in [3.63, 3.8) is 0 Å². The SMILES string of the molecule is C=Cc1cc(C(=O)Nc2ccc(C(=N)NC(=O)OCCOC(=O)[C@@H](NC(=O)OC(C)(C)C)C(C)C)cc2)c(-c2ccc(C(=O)NCC3CC3)nc2C(=O)OC(C)OC(=O)C(C)C)cc1OC. The van der Waals surface area contributed by atoms with E-state index in [1.165, 1.54) is 68.6 Å². The maximum atomic E-state index is 14.1. The summed E-state index contributed by atoms with van der Waals surface area (Å²) in [5.74, 6) is -4.06. The molecule has 5 N–H and O–H groups in total. The minimum Gasteiger partial charge on any atom is -0.496 e. The number of carbonyl (C=O) groups is 7. The van der Waals surface area contributed by atoms with Crippen molar-refractivity contribution in [2.75, 3.05) is 32.2 Å². The number of alkyl carbamates (subject to hydrolysis) is 2. The van der Waals surface area contributed by atoms with Crippen molar-refractivity contribution in [2.45, 2.75) is 86.2 Å². The zero-order valence-electron chi connectivity index (χ0n) is 38.6. The highest BCUT2D eigenvalue weighted by Gasteiger charge is 2.30. The molecule has 1 aromatic heterocycles. The number of amides is 4. The molecule has 66 heavy (non-hydrogen) atoms. The summed E-state index contributed by atoms with van der Waals surface area (Å²) in [4.78, 5) is 95.0. The average molecular weight is 915 g/mol. The van der Waals surface area contributed by atoms with E-state index >= 15 is 0 Å². The van der Waals surface area contributed by atoms with Crippen LogP contribution in [0.3, 0.4) is 0 Å². The maximum absolute atomic E-state index is 14.1. The number of nitrogens with one attached hydrogen (secondary N) is 5. The van der Waals surface area contributed by atoms with Crippen molar-refractivity contribution in [3.8, 4) is 16.9 Å². The number of esters is 3. The molecule has 2 aromatic carbocycles. The lowest BCUT2D eigenvalue weighted by atomic mass is 9.94. The topological polar surface area (TPSA) is 260 Å². The third-order valence-electron chi connectivity index (χ3n) is 9.53. The van der Waals surface area contributed by atoms with Crippen LogP contribution < -0.4 is 26.0 Å². The van der Waals surface area contributed by atoms with E-state index in [2.05, 4.69) is 32.8 Å². The number of hydrogen-bond donors (Lipinski definition) is 5. The maximum Gasteiger partial charge on any atom is 0.412 e. The second-order valence-corrected chi connectivity index (χ2v) is 16.9. The summed E-state index contributed by atoms with van der Waals surface area (Å²) in [5, 5.41) is 18.7. The molecule has 0 aliphatic heterocycles. The normalized spacial score (nSPS) is 13.0. The number of ether oxygens (including phenoxy) is 6. The highest BCUT2D eigenvalue weighted by Crippen LogP contribution is 2.35. The number of benzene rings is 2. The van der Waals surface area contributed by atoms with E-state index in [0.717, 1.165) is 12.8 Å². The van der Waals surface area contributed by atoms with Crippen molar-refractivity contribution < 1.29 is 62.0 Å². The Kier molecular flexibility index (Phi) is 17.9. The van der Waals surface area contributed by atoms with Crippen molar-refractivity contribution >= 4 is 59.5 Å². The van der Waals surface area contributed by atoms with Crippen molar-refractivity contribution in [1.82, 2.24) is 20.9 Å². The Balaban J connectivity index is 1.48. The van der Waals surface area contributed by atoms with E-state index in [1.807, 2.05) is 0 Å². The molecule has 19 nitrogen and oxygen atoms in total. The van der Waals surface area contributed by atoms with Crippen LogP contribution in [0.25, 0.3) is 17.2 Å². The van der Waals surface area contributed by atoms with E-state index in [9.17, 15) is 33.6 Å². The van der Waals surface area contributed by atoms with Crippen LogP contribution in [-0.4, -0.2) is 97.5 Å². The van der Waals surface area contributed by atoms with E-state index in [-0.39, 0.29) is 64.3 Å². The smallest absolute Gasteiger partial charge is 0.412 e. The molecule has 0 bridgehead atoms. The predicted octanol–water partition coefficient (Wildman–Crippen LogP) is 6.64. The lowest BCUT2D eigenvalue weighted by Gasteiger charge is -2.24. The zero-order chi connectivity index (χ0) is 48.9. The first-order chi connectivity index (χ1) is 31.1. The summed E-state index contributed by atoms with van der Waals surface area (Å²) in [5.41, 5.74) is 0.0606. The van der Waals surface area contributed by atoms with Crippen LogP contribution in [0.1, 0.15) is 111 Å². The summed E-state index contributed by atoms with van der Waals surface area (Å²) < 4.78 is 31.8. The van der Waals surface area contributed by atoms with E-state index in [4.69, 9.17) is 33.8 Å². The molecule has 1 aliphatic rings. The molecule has 354 valence electrons. The second-order valence-electron chi connectivity index (χ2n) is 16.9. The summed E-state index contributed by atoms with van der Waals surface area (Å²) in [6, 6.07) is 10.8. The number of amidine groups is 1. The van der Waals surface area contributed by atoms with Crippen LogP contribution in [0.4, 0.5) is 15.3 Å². The van der Waals surface area contributed by atoms with Crippen molar-refractivity contribution in [3.05, 3.63) is 83.2 Å². The number of aromatic nitrogens is 1. The molecule has 0 saturated heterocycles. The monoisotopic (exact) mass is 914 g/mol. The number of rotatable bonds is 19. The van der Waals surface area contributed by atoms with Crippen LogP contribution in [0.5, 0.6) is 5.75 Å². The van der Waals surface area contributed by atoms with Gasteiger partial charge in [-0.05, 0) is 94.0 Å². The zero-order valence-corrected chi connectivity index (χ0v) is 38.6. The predicted molar refractivity (Wildman–Crippen MR) is 242 cm³/mol. The second kappa shape index (κ2) is 23.0. The molecule has 1 heterocycles. The van der Waals surface area contributed by atoms with Gasteiger partial charge in [0.05, 0.1) is 13.0 Å². The molecule has 1 fully saturated rings.